The van der Waals surface area contributed by atoms with Gasteiger partial charge < -0.3 is 0 Å². The van der Waals surface area contributed by atoms with Crippen molar-refractivity contribution in [3.8, 4) is 0 Å². The van der Waals surface area contributed by atoms with Crippen LogP contribution < -0.4 is 0 Å². The van der Waals surface area contributed by atoms with Gasteiger partial charge in [-0.25, -0.2) is 0 Å². The van der Waals surface area contributed by atoms with Crippen LogP contribution >= 0.6 is 58.2 Å². The summed E-state index contributed by atoms with van der Waals surface area (Å²) in [5.41, 5.74) is 0. The summed E-state index contributed by atoms with van der Waals surface area (Å²) in [6, 6.07) is 0. The van der Waals surface area contributed by atoms with Crippen molar-refractivity contribution in [1.29, 1.82) is 0 Å². The summed E-state index contributed by atoms with van der Waals surface area (Å²) in [5.74, 6) is 0. The molecule has 0 aliphatic heterocycles. The zero-order valence-electron chi connectivity index (χ0n) is 26.6. The molecule has 0 saturated heterocycles. The van der Waals surface area contributed by atoms with Crippen LogP contribution in [0.4, 0.5) is 0 Å². The van der Waals surface area contributed by atoms with Crippen LogP contribution in [0.2, 0.25) is 0 Å². The summed E-state index contributed by atoms with van der Waals surface area (Å²) in [5, 5.41) is 9.47. The van der Waals surface area contributed by atoms with Gasteiger partial charge in [-0.2, -0.15) is 11.8 Å². The molecule has 0 spiro atoms. The zero-order valence-corrected chi connectivity index (χ0v) is 32.1. The van der Waals surface area contributed by atoms with Gasteiger partial charge >= 0.3 is 0 Å². The van der Waals surface area contributed by atoms with E-state index in [4.69, 9.17) is 46.4 Å². The Labute approximate surface area is 295 Å². The third kappa shape index (κ3) is 9.68. The molecule has 0 N–H and O–H groups in total. The molecular formula is C36H60Cl4S3+2. The van der Waals surface area contributed by atoms with Gasteiger partial charge in [-0.3, -0.25) is 0 Å². The Morgan fingerprint density at radius 2 is 0.465 bits per heavy atom. The van der Waals surface area contributed by atoms with Gasteiger partial charge in [0.25, 0.3) is 0 Å². The van der Waals surface area contributed by atoms with Crippen LogP contribution in [0.1, 0.15) is 154 Å². The Kier molecular flexibility index (Phi) is 14.0. The molecule has 6 aliphatic carbocycles. The number of hydrogen-bond acceptors (Lipinski definition) is 1. The Bertz CT molecular complexity index is 689. The van der Waals surface area contributed by atoms with Crippen molar-refractivity contribution < 1.29 is 0 Å². The topological polar surface area (TPSA) is 0 Å². The minimum atomic E-state index is 0.444. The van der Waals surface area contributed by atoms with E-state index >= 15 is 0 Å². The average molecular weight is 731 g/mol. The molecule has 0 radical (unpaired) electrons. The number of halogens is 4. The monoisotopic (exact) mass is 728 g/mol. The molecule has 0 aromatic heterocycles. The van der Waals surface area contributed by atoms with Gasteiger partial charge in [0.1, 0.15) is 31.5 Å². The molecule has 0 heterocycles. The zero-order chi connectivity index (χ0) is 29.8. The average Bonchev–Trinajstić information content (AvgIpc) is 3.03. The molecule has 7 heteroatoms. The van der Waals surface area contributed by atoms with Gasteiger partial charge in [0, 0.05) is 32.0 Å². The van der Waals surface area contributed by atoms with Crippen LogP contribution in [0, 0.1) is 0 Å². The quantitative estimate of drug-likeness (QED) is 0.177. The minimum absolute atomic E-state index is 0.444. The molecule has 0 bridgehead atoms. The second-order valence-corrected chi connectivity index (χ2v) is 25.0. The molecule has 0 nitrogen and oxygen atoms in total. The van der Waals surface area contributed by atoms with Gasteiger partial charge in [0.15, 0.2) is 0 Å². The van der Waals surface area contributed by atoms with Crippen LogP contribution in [0.3, 0.4) is 0 Å². The summed E-state index contributed by atoms with van der Waals surface area (Å²) in [6.07, 6.45) is 33.3. The number of alkyl halides is 4. The first-order valence-electron chi connectivity index (χ1n) is 18.6. The molecule has 6 fully saturated rings. The molecule has 6 rings (SSSR count). The highest BCUT2D eigenvalue weighted by atomic mass is 35.5. The first-order chi connectivity index (χ1) is 20.9. The lowest BCUT2D eigenvalue weighted by atomic mass is 9.98. The summed E-state index contributed by atoms with van der Waals surface area (Å²) in [7, 11) is 1.20. The van der Waals surface area contributed by atoms with Crippen molar-refractivity contribution in [3.63, 3.8) is 0 Å². The van der Waals surface area contributed by atoms with Crippen molar-refractivity contribution in [2.75, 3.05) is 0 Å². The van der Waals surface area contributed by atoms with Crippen molar-refractivity contribution in [2.45, 2.75) is 218 Å². The van der Waals surface area contributed by atoms with E-state index in [0.29, 0.717) is 43.3 Å². The van der Waals surface area contributed by atoms with Gasteiger partial charge in [-0.05, 0) is 176 Å². The predicted molar refractivity (Wildman–Crippen MR) is 202 cm³/mol. The van der Waals surface area contributed by atoms with Crippen molar-refractivity contribution in [3.05, 3.63) is 0 Å². The molecule has 43 heavy (non-hydrogen) atoms. The highest BCUT2D eigenvalue weighted by molar-refractivity contribution is 8.00. The Morgan fingerprint density at radius 3 is 0.674 bits per heavy atom. The van der Waals surface area contributed by atoms with Crippen LogP contribution in [0.25, 0.3) is 0 Å². The van der Waals surface area contributed by atoms with E-state index in [1.165, 1.54) is 154 Å². The highest BCUT2D eigenvalue weighted by Crippen LogP contribution is 2.47. The van der Waals surface area contributed by atoms with Crippen molar-refractivity contribution in [2.24, 2.45) is 0 Å². The first-order valence-corrected chi connectivity index (χ1v) is 24.1. The van der Waals surface area contributed by atoms with E-state index in [9.17, 15) is 0 Å². The molecule has 6 aliphatic rings. The van der Waals surface area contributed by atoms with E-state index in [1.807, 2.05) is 0 Å². The molecule has 0 unspecified atom stereocenters. The second-order valence-electron chi connectivity index (χ2n) is 15.2. The van der Waals surface area contributed by atoms with Crippen LogP contribution in [0.5, 0.6) is 0 Å². The van der Waals surface area contributed by atoms with Gasteiger partial charge in [-0.1, -0.05) is 0 Å². The largest absolute Gasteiger partial charge is 0.155 e. The predicted octanol–water partition coefficient (Wildman–Crippen LogP) is 11.8. The Balaban J connectivity index is 0.993. The maximum atomic E-state index is 6.58. The van der Waals surface area contributed by atoms with E-state index < -0.39 is 0 Å². The van der Waals surface area contributed by atoms with Crippen LogP contribution in [-0.4, -0.2) is 63.5 Å². The third-order valence-electron chi connectivity index (χ3n) is 12.4. The molecule has 248 valence electrons. The molecule has 0 aromatic carbocycles. The summed E-state index contributed by atoms with van der Waals surface area (Å²) in [6.45, 7) is 0. The molecule has 0 amide bonds. The molecule has 0 aromatic rings. The smallest absolute Gasteiger partial charge is 0.118 e. The van der Waals surface area contributed by atoms with Crippen molar-refractivity contribution >= 4 is 80.0 Å². The third-order valence-corrected chi connectivity index (χ3v) is 23.3. The number of rotatable bonds is 8. The second kappa shape index (κ2) is 17.2. The number of thioether (sulfide) groups is 1. The molecule has 6 saturated carbocycles. The SMILES string of the molecule is ClC1CCC([S+](C2CCC(Cl)CC2)C2CCC(SC3CCC([S+](C4CCC(Cl)CC4)C4CCC(Cl)CC4)CC3)CC2)CC1. The minimum Gasteiger partial charge on any atom is -0.155 e. The van der Waals surface area contributed by atoms with Gasteiger partial charge in [0.2, 0.25) is 0 Å². The standard InChI is InChI=1S/C36H60Cl4S3/c37-25-1-13-31(14-2-25)42(32-15-3-26(38)4-16-32)35-21-9-29(10-22-35)41-30-11-23-36(24-12-30)43(33-17-5-27(39)6-18-33)34-19-7-28(40)8-20-34/h25-36H,1-24H2/q+2. The van der Waals surface area contributed by atoms with E-state index in [0.717, 1.165) is 42.0 Å². The fourth-order valence-electron chi connectivity index (χ4n) is 9.96. The lowest BCUT2D eigenvalue weighted by Crippen LogP contribution is -2.46. The van der Waals surface area contributed by atoms with E-state index in [1.54, 1.807) is 0 Å². The lowest BCUT2D eigenvalue weighted by molar-refractivity contribution is 0.467. The Morgan fingerprint density at radius 1 is 0.279 bits per heavy atom. The van der Waals surface area contributed by atoms with E-state index in [-0.39, 0.29) is 0 Å². The van der Waals surface area contributed by atoms with Gasteiger partial charge in [-0.15, -0.1) is 46.4 Å². The highest BCUT2D eigenvalue weighted by Gasteiger charge is 2.49. The number of hydrogen-bond donors (Lipinski definition) is 0. The summed E-state index contributed by atoms with van der Waals surface area (Å²) >= 11 is 28.8. The van der Waals surface area contributed by atoms with Crippen molar-refractivity contribution in [1.82, 2.24) is 0 Å². The fraction of sp³-hybridized carbons (Fsp3) is 1.00. The van der Waals surface area contributed by atoms with Crippen LogP contribution in [0.15, 0.2) is 0 Å². The van der Waals surface area contributed by atoms with Gasteiger partial charge in [0.05, 0.1) is 0 Å². The Hall–Kier alpha value is 2.21. The maximum Gasteiger partial charge on any atom is 0.118 e. The van der Waals surface area contributed by atoms with Crippen LogP contribution in [-0.2, 0) is 21.8 Å². The molecular weight excluding hydrogens is 670 g/mol. The fourth-order valence-corrected chi connectivity index (χ4v) is 20.8. The normalized spacial score (nSPS) is 46.6. The first kappa shape index (κ1) is 35.1. The van der Waals surface area contributed by atoms with E-state index in [2.05, 4.69) is 11.8 Å². The lowest BCUT2D eigenvalue weighted by Gasteiger charge is -2.40. The summed E-state index contributed by atoms with van der Waals surface area (Å²) < 4.78 is 0. The summed E-state index contributed by atoms with van der Waals surface area (Å²) in [4.78, 5) is 0. The maximum absolute atomic E-state index is 6.58. The molecule has 0 atom stereocenters.